The van der Waals surface area contributed by atoms with Gasteiger partial charge in [-0.1, -0.05) is 6.92 Å². The van der Waals surface area contributed by atoms with Crippen molar-refractivity contribution in [1.29, 1.82) is 0 Å². The summed E-state index contributed by atoms with van der Waals surface area (Å²) in [6.45, 7) is 2.53. The van der Waals surface area contributed by atoms with Crippen LogP contribution in [0.4, 0.5) is 5.69 Å². The number of ether oxygens (including phenoxy) is 1. The first-order valence-electron chi connectivity index (χ1n) is 6.82. The average molecular weight is 358 g/mol. The molecule has 0 saturated heterocycles. The lowest BCUT2D eigenvalue weighted by Crippen LogP contribution is -2.28. The third kappa shape index (κ3) is 6.86. The number of halogens is 2. The van der Waals surface area contributed by atoms with Crippen LogP contribution in [0.5, 0.6) is 11.5 Å². The number of nitrogens with one attached hydrogen (secondary N) is 2. The van der Waals surface area contributed by atoms with E-state index in [1.165, 1.54) is 0 Å². The molecule has 23 heavy (non-hydrogen) atoms. The number of hydrogen-bond acceptors (Lipinski definition) is 4. The molecule has 2 aromatic rings. The summed E-state index contributed by atoms with van der Waals surface area (Å²) in [5.41, 5.74) is 0.755. The molecule has 0 fully saturated rings. The summed E-state index contributed by atoms with van der Waals surface area (Å²) in [6, 6.07) is 10.9. The lowest BCUT2D eigenvalue weighted by Gasteiger charge is -2.12. The van der Waals surface area contributed by atoms with Crippen LogP contribution >= 0.6 is 24.8 Å². The molecule has 1 amide bonds. The van der Waals surface area contributed by atoms with Crippen LogP contribution in [-0.2, 0) is 4.79 Å². The number of nitrogens with zero attached hydrogens (tertiary/aromatic N) is 1. The van der Waals surface area contributed by atoms with Gasteiger partial charge in [-0.2, -0.15) is 0 Å². The summed E-state index contributed by atoms with van der Waals surface area (Å²) in [7, 11) is 1.83. The third-order valence-electron chi connectivity index (χ3n) is 2.97. The molecule has 1 aromatic carbocycles. The number of carbonyl (C=O) groups is 1. The second-order valence-electron chi connectivity index (χ2n) is 4.76. The van der Waals surface area contributed by atoms with Crippen LogP contribution in [-0.4, -0.2) is 24.5 Å². The van der Waals surface area contributed by atoms with Gasteiger partial charge in [0.05, 0.1) is 0 Å². The van der Waals surface area contributed by atoms with Crippen LogP contribution in [0.2, 0.25) is 0 Å². The van der Waals surface area contributed by atoms with Crippen LogP contribution in [0.15, 0.2) is 48.8 Å². The molecule has 0 aliphatic heterocycles. The van der Waals surface area contributed by atoms with Crippen molar-refractivity contribution in [2.24, 2.45) is 5.92 Å². The van der Waals surface area contributed by atoms with Crippen molar-refractivity contribution in [2.75, 3.05) is 18.9 Å². The Hall–Kier alpha value is -1.82. The summed E-state index contributed by atoms with van der Waals surface area (Å²) >= 11 is 0. The Balaban J connectivity index is 0.00000242. The molecule has 1 aromatic heterocycles. The molecule has 126 valence electrons. The smallest absolute Gasteiger partial charge is 0.228 e. The van der Waals surface area contributed by atoms with Crippen molar-refractivity contribution >= 4 is 36.4 Å². The van der Waals surface area contributed by atoms with Crippen LogP contribution in [0.25, 0.3) is 0 Å². The highest BCUT2D eigenvalue weighted by Gasteiger charge is 2.11. The van der Waals surface area contributed by atoms with Gasteiger partial charge in [-0.25, -0.2) is 0 Å². The topological polar surface area (TPSA) is 63.2 Å². The Kier molecular flexibility index (Phi) is 9.97. The normalized spacial score (nSPS) is 10.7. The van der Waals surface area contributed by atoms with Crippen molar-refractivity contribution in [2.45, 2.75) is 6.92 Å². The molecule has 0 aliphatic carbocycles. The van der Waals surface area contributed by atoms with E-state index in [0.29, 0.717) is 12.3 Å². The number of anilines is 1. The van der Waals surface area contributed by atoms with E-state index in [1.54, 1.807) is 24.5 Å². The summed E-state index contributed by atoms with van der Waals surface area (Å²) in [5.74, 6) is 1.35. The van der Waals surface area contributed by atoms with Gasteiger partial charge in [-0.15, -0.1) is 24.8 Å². The number of carbonyl (C=O) groups excluding carboxylic acids is 1. The van der Waals surface area contributed by atoms with Gasteiger partial charge in [0.25, 0.3) is 0 Å². The Bertz CT molecular complexity index is 580. The highest BCUT2D eigenvalue weighted by molar-refractivity contribution is 5.92. The minimum atomic E-state index is -0.0808. The van der Waals surface area contributed by atoms with E-state index >= 15 is 0 Å². The van der Waals surface area contributed by atoms with Gasteiger partial charge in [0.2, 0.25) is 5.91 Å². The van der Waals surface area contributed by atoms with E-state index in [0.717, 1.165) is 11.4 Å². The van der Waals surface area contributed by atoms with Crippen LogP contribution < -0.4 is 15.4 Å². The van der Waals surface area contributed by atoms with Gasteiger partial charge in [0.1, 0.15) is 11.5 Å². The Morgan fingerprint density at radius 3 is 2.22 bits per heavy atom. The number of amides is 1. The van der Waals surface area contributed by atoms with Crippen molar-refractivity contribution in [3.05, 3.63) is 48.8 Å². The van der Waals surface area contributed by atoms with Crippen molar-refractivity contribution < 1.29 is 9.53 Å². The SMILES string of the molecule is CNCC(C)C(=O)Nc1ccc(Oc2ccncc2)cc1.Cl.Cl. The first kappa shape index (κ1) is 21.2. The molecule has 1 unspecified atom stereocenters. The molecule has 0 spiro atoms. The van der Waals surface area contributed by atoms with Gasteiger partial charge < -0.3 is 15.4 Å². The first-order valence-corrected chi connectivity index (χ1v) is 6.82. The standard InChI is InChI=1S/C16H19N3O2.2ClH/c1-12(11-17-2)16(20)19-13-3-5-14(6-4-13)21-15-7-9-18-10-8-15;;/h3-10,12,17H,11H2,1-2H3,(H,19,20);2*1H. The number of pyridine rings is 1. The van der Waals surface area contributed by atoms with Crippen LogP contribution in [0.3, 0.4) is 0 Å². The fourth-order valence-electron chi connectivity index (χ4n) is 1.81. The third-order valence-corrected chi connectivity index (χ3v) is 2.97. The molecule has 7 heteroatoms. The molecule has 1 heterocycles. The lowest BCUT2D eigenvalue weighted by atomic mass is 10.1. The molecule has 0 aliphatic rings. The number of hydrogen-bond donors (Lipinski definition) is 2. The van der Waals surface area contributed by atoms with Crippen molar-refractivity contribution in [3.63, 3.8) is 0 Å². The lowest BCUT2D eigenvalue weighted by molar-refractivity contribution is -0.119. The van der Waals surface area contributed by atoms with Crippen LogP contribution in [0, 0.1) is 5.92 Å². The molecule has 0 radical (unpaired) electrons. The predicted octanol–water partition coefficient (Wildman–Crippen LogP) is 3.51. The van der Waals surface area contributed by atoms with E-state index in [1.807, 2.05) is 38.2 Å². The zero-order valence-electron chi connectivity index (χ0n) is 13.0. The first-order chi connectivity index (χ1) is 10.2. The molecule has 5 nitrogen and oxygen atoms in total. The maximum absolute atomic E-state index is 11.9. The maximum atomic E-state index is 11.9. The molecule has 0 bridgehead atoms. The minimum Gasteiger partial charge on any atom is -0.457 e. The Morgan fingerprint density at radius 2 is 1.65 bits per heavy atom. The monoisotopic (exact) mass is 357 g/mol. The quantitative estimate of drug-likeness (QED) is 0.830. The largest absolute Gasteiger partial charge is 0.457 e. The van der Waals surface area contributed by atoms with E-state index in [2.05, 4.69) is 15.6 Å². The maximum Gasteiger partial charge on any atom is 0.228 e. The Morgan fingerprint density at radius 1 is 1.09 bits per heavy atom. The second kappa shape index (κ2) is 10.8. The van der Waals surface area contributed by atoms with Crippen LogP contribution in [0.1, 0.15) is 6.92 Å². The van der Waals surface area contributed by atoms with E-state index in [-0.39, 0.29) is 36.6 Å². The van der Waals surface area contributed by atoms with E-state index < -0.39 is 0 Å². The minimum absolute atomic E-state index is 0. The molecule has 2 N–H and O–H groups in total. The fraction of sp³-hybridized carbons (Fsp3) is 0.250. The zero-order valence-corrected chi connectivity index (χ0v) is 14.6. The highest BCUT2D eigenvalue weighted by Crippen LogP contribution is 2.22. The Labute approximate surface area is 148 Å². The second-order valence-corrected chi connectivity index (χ2v) is 4.76. The number of benzene rings is 1. The van der Waals surface area contributed by atoms with Gasteiger partial charge in [-0.05, 0) is 43.4 Å². The molecule has 2 rings (SSSR count). The van der Waals surface area contributed by atoms with Crippen molar-refractivity contribution in [1.82, 2.24) is 10.3 Å². The van der Waals surface area contributed by atoms with E-state index in [9.17, 15) is 4.79 Å². The van der Waals surface area contributed by atoms with Gasteiger partial charge in [0, 0.05) is 30.5 Å². The summed E-state index contributed by atoms with van der Waals surface area (Å²) in [4.78, 5) is 15.8. The van der Waals surface area contributed by atoms with Crippen molar-refractivity contribution in [3.8, 4) is 11.5 Å². The molecule has 1 atom stereocenters. The summed E-state index contributed by atoms with van der Waals surface area (Å²) in [6.07, 6.45) is 3.35. The molecular formula is C16H21Cl2N3O2. The molecule has 0 saturated carbocycles. The van der Waals surface area contributed by atoms with Gasteiger partial charge in [-0.3, -0.25) is 9.78 Å². The number of rotatable bonds is 6. The predicted molar refractivity (Wildman–Crippen MR) is 97.0 cm³/mol. The van der Waals surface area contributed by atoms with Gasteiger partial charge in [0.15, 0.2) is 0 Å². The highest BCUT2D eigenvalue weighted by atomic mass is 35.5. The number of aromatic nitrogens is 1. The van der Waals surface area contributed by atoms with E-state index in [4.69, 9.17) is 4.74 Å². The fourth-order valence-corrected chi connectivity index (χ4v) is 1.81. The molecular weight excluding hydrogens is 337 g/mol. The summed E-state index contributed by atoms with van der Waals surface area (Å²) in [5, 5.41) is 5.86. The van der Waals surface area contributed by atoms with Gasteiger partial charge >= 0.3 is 0 Å². The average Bonchev–Trinajstić information content (AvgIpc) is 2.50. The summed E-state index contributed by atoms with van der Waals surface area (Å²) < 4.78 is 5.66. The zero-order chi connectivity index (χ0) is 15.1.